The number of carboxylic acids is 1. The van der Waals surface area contributed by atoms with E-state index >= 15 is 0 Å². The van der Waals surface area contributed by atoms with Crippen molar-refractivity contribution in [2.24, 2.45) is 44.6 Å². The molecular weight excluding hydrogens is 710 g/mol. The van der Waals surface area contributed by atoms with E-state index in [1.165, 1.54) is 18.7 Å². The van der Waals surface area contributed by atoms with E-state index in [2.05, 4.69) is 36.6 Å². The van der Waals surface area contributed by atoms with Crippen LogP contribution in [0.25, 0.3) is 0 Å². The van der Waals surface area contributed by atoms with E-state index in [4.69, 9.17) is 28.7 Å². The van der Waals surface area contributed by atoms with Crippen molar-refractivity contribution < 1.29 is 43.8 Å². The Morgan fingerprint density at radius 1 is 0.815 bits per heavy atom. The topological polar surface area (TPSA) is 378 Å². The summed E-state index contributed by atoms with van der Waals surface area (Å²) >= 11 is 0. The molecule has 1 saturated heterocycles. The molecule has 1 fully saturated rings. The van der Waals surface area contributed by atoms with E-state index in [0.717, 1.165) is 0 Å². The summed E-state index contributed by atoms with van der Waals surface area (Å²) in [5, 5.41) is 31.7. The molecule has 0 aromatic heterocycles. The molecule has 22 heteroatoms. The van der Waals surface area contributed by atoms with Gasteiger partial charge in [0.1, 0.15) is 36.3 Å². The predicted molar refractivity (Wildman–Crippen MR) is 198 cm³/mol. The Hall–Kier alpha value is -5.25. The molecule has 1 rings (SSSR count). The van der Waals surface area contributed by atoms with Crippen LogP contribution in [-0.2, 0) is 33.6 Å². The number of carbonyl (C=O) groups is 7. The first-order chi connectivity index (χ1) is 25.3. The van der Waals surface area contributed by atoms with Crippen LogP contribution in [0.2, 0.25) is 0 Å². The molecule has 1 heterocycles. The van der Waals surface area contributed by atoms with E-state index in [1.54, 1.807) is 13.8 Å². The van der Waals surface area contributed by atoms with Gasteiger partial charge in [-0.15, -0.1) is 0 Å². The van der Waals surface area contributed by atoms with Crippen LogP contribution >= 0.6 is 0 Å². The molecule has 54 heavy (non-hydrogen) atoms. The van der Waals surface area contributed by atoms with Gasteiger partial charge in [-0.25, -0.2) is 4.79 Å². The normalized spacial score (nSPS) is 17.6. The van der Waals surface area contributed by atoms with Crippen molar-refractivity contribution in [1.82, 2.24) is 31.5 Å². The lowest BCUT2D eigenvalue weighted by molar-refractivity contribution is -0.142. The lowest BCUT2D eigenvalue weighted by Crippen LogP contribution is -2.60. The third-order valence-corrected chi connectivity index (χ3v) is 8.76. The van der Waals surface area contributed by atoms with Gasteiger partial charge in [0, 0.05) is 19.6 Å². The molecule has 0 aliphatic carbocycles. The van der Waals surface area contributed by atoms with Crippen LogP contribution in [-0.4, -0.2) is 137 Å². The molecule has 8 atom stereocenters. The molecule has 306 valence electrons. The molecule has 0 aromatic rings. The lowest BCUT2D eigenvalue weighted by Gasteiger charge is -2.29. The fraction of sp³-hybridized carbons (Fsp3) is 0.719. The zero-order chi connectivity index (χ0) is 41.1. The van der Waals surface area contributed by atoms with Crippen LogP contribution in [0, 0.1) is 5.92 Å². The SMILES string of the molecule is CC[C@H](C)[C@H](NC(=O)[C@@H](N)[C@@H](C)O)C(=O)N[C@@H](CCCN=C(N)N)C(=O)N[C@@H](C)C(=O)N1CCC[C@H]1C(=O)NCC(=O)N[C@@H](CCCN=C(N)N)C(=O)O. The monoisotopic (exact) mass is 769 g/mol. The van der Waals surface area contributed by atoms with Gasteiger partial charge in [-0.1, -0.05) is 20.3 Å². The Kier molecular flexibility index (Phi) is 20.3. The Bertz CT molecular complexity index is 1370. The van der Waals surface area contributed by atoms with Gasteiger partial charge in [0.15, 0.2) is 11.9 Å². The molecule has 1 aliphatic heterocycles. The summed E-state index contributed by atoms with van der Waals surface area (Å²) in [4.78, 5) is 99.2. The maximum atomic E-state index is 13.6. The largest absolute Gasteiger partial charge is 0.480 e. The van der Waals surface area contributed by atoms with Gasteiger partial charge in [-0.3, -0.25) is 38.8 Å². The Labute approximate surface area is 314 Å². The van der Waals surface area contributed by atoms with E-state index in [1.807, 2.05) is 0 Å². The molecule has 0 aromatic carbocycles. The molecule has 0 spiro atoms. The number of nitrogens with one attached hydrogen (secondary N) is 5. The quantitative estimate of drug-likeness (QED) is 0.0263. The van der Waals surface area contributed by atoms with Crippen molar-refractivity contribution in [1.29, 1.82) is 0 Å². The van der Waals surface area contributed by atoms with Crippen LogP contribution in [0.15, 0.2) is 9.98 Å². The van der Waals surface area contributed by atoms with Crippen molar-refractivity contribution in [2.75, 3.05) is 26.2 Å². The van der Waals surface area contributed by atoms with E-state index in [-0.39, 0.29) is 63.7 Å². The Morgan fingerprint density at radius 2 is 1.39 bits per heavy atom. The van der Waals surface area contributed by atoms with Crippen molar-refractivity contribution >= 4 is 53.3 Å². The molecule has 0 unspecified atom stereocenters. The van der Waals surface area contributed by atoms with Gasteiger partial charge < -0.3 is 70.4 Å². The number of aliphatic hydroxyl groups is 1. The number of carboxylic acid groups (broad SMARTS) is 1. The summed E-state index contributed by atoms with van der Waals surface area (Å²) < 4.78 is 0. The van der Waals surface area contributed by atoms with Crippen molar-refractivity contribution in [2.45, 2.75) is 115 Å². The first-order valence-corrected chi connectivity index (χ1v) is 17.9. The molecule has 22 nitrogen and oxygen atoms in total. The van der Waals surface area contributed by atoms with Crippen molar-refractivity contribution in [3.05, 3.63) is 0 Å². The fourth-order valence-electron chi connectivity index (χ4n) is 5.42. The number of aliphatic hydroxyl groups excluding tert-OH is 1. The molecule has 1 aliphatic rings. The molecule has 0 bridgehead atoms. The summed E-state index contributed by atoms with van der Waals surface area (Å²) in [5.74, 6) is -6.19. The standard InChI is InChI=1S/C32H59N13O9/c1-5-16(2)24(44-27(50)23(33)18(4)46)28(51)43-19(9-6-12-38-31(34)35)25(48)41-17(3)29(52)45-14-8-11-21(45)26(49)40-15-22(47)42-20(30(53)54)10-7-13-39-32(36)37/h16-21,23-24,46H,5-15,33H2,1-4H3,(H,40,49)(H,41,48)(H,42,47)(H,43,51)(H,44,50)(H,53,54)(H4,34,35,38)(H4,36,37,39)/t16-,17-,18+,19-,20-,21-,23-,24-/m0/s1. The van der Waals surface area contributed by atoms with Gasteiger partial charge in [0.25, 0.3) is 0 Å². The summed E-state index contributed by atoms with van der Waals surface area (Å²) in [5.41, 5.74) is 27.1. The molecule has 17 N–H and O–H groups in total. The van der Waals surface area contributed by atoms with Gasteiger partial charge in [-0.2, -0.15) is 0 Å². The number of amides is 6. The number of likely N-dealkylation sites (tertiary alicyclic amines) is 1. The highest BCUT2D eigenvalue weighted by molar-refractivity contribution is 5.96. The molecule has 0 saturated carbocycles. The third-order valence-electron chi connectivity index (χ3n) is 8.76. The number of nitrogens with zero attached hydrogens (tertiary/aromatic N) is 3. The highest BCUT2D eigenvalue weighted by atomic mass is 16.4. The summed E-state index contributed by atoms with van der Waals surface area (Å²) in [6.07, 6.45) is 0.612. The molecule has 6 amide bonds. The van der Waals surface area contributed by atoms with E-state index < -0.39 is 96.2 Å². The van der Waals surface area contributed by atoms with Gasteiger partial charge >= 0.3 is 5.97 Å². The Balaban J connectivity index is 2.98. The van der Waals surface area contributed by atoms with Crippen LogP contribution in [0.3, 0.4) is 0 Å². The highest BCUT2D eigenvalue weighted by Gasteiger charge is 2.38. The number of nitrogens with two attached hydrogens (primary N) is 5. The predicted octanol–water partition coefficient (Wildman–Crippen LogP) is -5.00. The fourth-order valence-corrected chi connectivity index (χ4v) is 5.42. The van der Waals surface area contributed by atoms with Gasteiger partial charge in [0.2, 0.25) is 35.4 Å². The first kappa shape index (κ1) is 46.8. The zero-order valence-electron chi connectivity index (χ0n) is 31.4. The van der Waals surface area contributed by atoms with Gasteiger partial charge in [0.05, 0.1) is 12.6 Å². The smallest absolute Gasteiger partial charge is 0.326 e. The van der Waals surface area contributed by atoms with Crippen molar-refractivity contribution in [3.63, 3.8) is 0 Å². The number of carbonyl (C=O) groups excluding carboxylic acids is 6. The minimum atomic E-state index is -1.30. The second kappa shape index (κ2) is 23.4. The summed E-state index contributed by atoms with van der Waals surface area (Å²) in [6, 6.07) is -6.99. The number of guanidine groups is 2. The maximum absolute atomic E-state index is 13.6. The minimum absolute atomic E-state index is 0.0365. The third kappa shape index (κ3) is 16.2. The average molecular weight is 770 g/mol. The number of rotatable bonds is 23. The minimum Gasteiger partial charge on any atom is -0.480 e. The maximum Gasteiger partial charge on any atom is 0.326 e. The van der Waals surface area contributed by atoms with E-state index in [0.29, 0.717) is 12.8 Å². The van der Waals surface area contributed by atoms with Crippen LogP contribution in [0.5, 0.6) is 0 Å². The molecule has 0 radical (unpaired) electrons. The summed E-state index contributed by atoms with van der Waals surface area (Å²) in [7, 11) is 0. The van der Waals surface area contributed by atoms with Crippen LogP contribution in [0.1, 0.15) is 72.6 Å². The molecular formula is C32H59N13O9. The number of aliphatic imine (C=N–C) groups is 2. The van der Waals surface area contributed by atoms with E-state index in [9.17, 15) is 43.8 Å². The zero-order valence-corrected chi connectivity index (χ0v) is 31.4. The number of hydrogen-bond donors (Lipinski definition) is 12. The van der Waals surface area contributed by atoms with Gasteiger partial charge in [-0.05, 0) is 58.3 Å². The number of aliphatic carboxylic acids is 1. The van der Waals surface area contributed by atoms with Crippen molar-refractivity contribution in [3.8, 4) is 0 Å². The Morgan fingerprint density at radius 3 is 1.91 bits per heavy atom. The highest BCUT2D eigenvalue weighted by Crippen LogP contribution is 2.19. The first-order valence-electron chi connectivity index (χ1n) is 17.9. The van der Waals surface area contributed by atoms with Crippen LogP contribution < -0.4 is 55.3 Å². The second-order valence-electron chi connectivity index (χ2n) is 13.2. The average Bonchev–Trinajstić information content (AvgIpc) is 3.60. The summed E-state index contributed by atoms with van der Waals surface area (Å²) in [6.45, 7) is 6.19. The van der Waals surface area contributed by atoms with Crippen LogP contribution in [0.4, 0.5) is 0 Å². The number of hydrogen-bond acceptors (Lipinski definition) is 11. The second-order valence-corrected chi connectivity index (χ2v) is 13.2. The lowest BCUT2D eigenvalue weighted by atomic mass is 9.97.